The lowest BCUT2D eigenvalue weighted by molar-refractivity contribution is -0.141. The van der Waals surface area contributed by atoms with Gasteiger partial charge in [0.15, 0.2) is 0 Å². The summed E-state index contributed by atoms with van der Waals surface area (Å²) < 4.78 is 0. The van der Waals surface area contributed by atoms with Crippen molar-refractivity contribution in [1.82, 2.24) is 10.2 Å². The van der Waals surface area contributed by atoms with Crippen molar-refractivity contribution in [2.75, 3.05) is 13.6 Å². The minimum absolute atomic E-state index is 0.0394. The number of hydrogen-bond acceptors (Lipinski definition) is 2. The van der Waals surface area contributed by atoms with E-state index >= 15 is 0 Å². The third-order valence-electron chi connectivity index (χ3n) is 3.74. The maximum atomic E-state index is 12.1. The van der Waals surface area contributed by atoms with Crippen molar-refractivity contribution in [3.8, 4) is 0 Å². The normalized spacial score (nSPS) is 14.9. The summed E-state index contributed by atoms with van der Waals surface area (Å²) in [6.07, 6.45) is 0. The molecule has 0 aromatic heterocycles. The maximum Gasteiger partial charge on any atom is 0.317 e. The highest BCUT2D eigenvalue weighted by molar-refractivity contribution is 5.76. The lowest BCUT2D eigenvalue weighted by Gasteiger charge is -2.26. The van der Waals surface area contributed by atoms with Crippen LogP contribution in [0.4, 0.5) is 4.79 Å². The highest BCUT2D eigenvalue weighted by Gasteiger charge is 2.21. The molecule has 0 fully saturated rings. The van der Waals surface area contributed by atoms with Gasteiger partial charge in [0.05, 0.1) is 5.92 Å². The lowest BCUT2D eigenvalue weighted by atomic mass is 9.94. The van der Waals surface area contributed by atoms with Crippen LogP contribution in [0.3, 0.4) is 0 Å². The number of benzene rings is 1. The fourth-order valence-corrected chi connectivity index (χ4v) is 2.05. The molecule has 0 saturated carbocycles. The van der Waals surface area contributed by atoms with E-state index in [1.54, 1.807) is 14.0 Å². The average molecular weight is 292 g/mol. The van der Waals surface area contributed by atoms with E-state index in [9.17, 15) is 9.59 Å². The molecule has 1 rings (SSSR count). The molecule has 1 aromatic carbocycles. The van der Waals surface area contributed by atoms with Gasteiger partial charge >= 0.3 is 12.0 Å². The van der Waals surface area contributed by atoms with Crippen LogP contribution in [-0.4, -0.2) is 41.6 Å². The summed E-state index contributed by atoms with van der Waals surface area (Å²) in [7, 11) is 1.61. The molecule has 0 radical (unpaired) electrons. The molecule has 1 aromatic rings. The Hall–Kier alpha value is -2.04. The standard InChI is InChI=1S/C16H24N2O3/c1-11(15(19)20)10-18(4)16(21)17-13(3)12(2)14-8-6-5-7-9-14/h5-9,11-13H,10H2,1-4H3,(H,17,21)(H,19,20). The predicted molar refractivity (Wildman–Crippen MR) is 82.3 cm³/mol. The van der Waals surface area contributed by atoms with Crippen molar-refractivity contribution < 1.29 is 14.7 Å². The molecular weight excluding hydrogens is 268 g/mol. The number of hydrogen-bond donors (Lipinski definition) is 2. The minimum Gasteiger partial charge on any atom is -0.481 e. The van der Waals surface area contributed by atoms with Crippen LogP contribution < -0.4 is 5.32 Å². The molecule has 116 valence electrons. The second-order valence-electron chi connectivity index (χ2n) is 5.56. The third-order valence-corrected chi connectivity index (χ3v) is 3.74. The lowest BCUT2D eigenvalue weighted by Crippen LogP contribution is -2.45. The summed E-state index contributed by atoms with van der Waals surface area (Å²) in [5.74, 6) is -1.30. The Bertz CT molecular complexity index is 476. The molecule has 0 aliphatic rings. The van der Waals surface area contributed by atoms with Gasteiger partial charge in [-0.25, -0.2) is 4.79 Å². The van der Waals surface area contributed by atoms with E-state index in [4.69, 9.17) is 5.11 Å². The molecule has 0 aliphatic heterocycles. The van der Waals surface area contributed by atoms with Gasteiger partial charge in [0.1, 0.15) is 0 Å². The smallest absolute Gasteiger partial charge is 0.317 e. The first kappa shape index (κ1) is 17.0. The molecule has 0 bridgehead atoms. The average Bonchev–Trinajstić information content (AvgIpc) is 2.46. The minimum atomic E-state index is -0.902. The maximum absolute atomic E-state index is 12.1. The Balaban J connectivity index is 2.55. The van der Waals surface area contributed by atoms with Gasteiger partial charge in [0.2, 0.25) is 0 Å². The number of rotatable bonds is 6. The van der Waals surface area contributed by atoms with Crippen molar-refractivity contribution in [2.24, 2.45) is 5.92 Å². The fraction of sp³-hybridized carbons (Fsp3) is 0.500. The summed E-state index contributed by atoms with van der Waals surface area (Å²) in [6, 6.07) is 9.68. The second kappa shape index (κ2) is 7.67. The van der Waals surface area contributed by atoms with E-state index in [1.807, 2.05) is 37.3 Å². The second-order valence-corrected chi connectivity index (χ2v) is 5.56. The van der Waals surface area contributed by atoms with E-state index in [0.717, 1.165) is 5.56 Å². The number of aliphatic carboxylic acids is 1. The van der Waals surface area contributed by atoms with Gasteiger partial charge in [0.25, 0.3) is 0 Å². The Kier molecular flexibility index (Phi) is 6.21. The first-order chi connectivity index (χ1) is 9.82. The molecule has 0 heterocycles. The predicted octanol–water partition coefficient (Wildman–Crippen LogP) is 2.54. The molecule has 0 spiro atoms. The summed E-state index contributed by atoms with van der Waals surface area (Å²) in [5.41, 5.74) is 1.16. The van der Waals surface area contributed by atoms with Crippen LogP contribution in [0, 0.1) is 5.92 Å². The molecule has 0 saturated heterocycles. The van der Waals surface area contributed by atoms with E-state index in [-0.39, 0.29) is 24.5 Å². The quantitative estimate of drug-likeness (QED) is 0.846. The zero-order valence-electron chi connectivity index (χ0n) is 13.0. The van der Waals surface area contributed by atoms with Gasteiger partial charge in [-0.15, -0.1) is 0 Å². The Labute approximate surface area is 126 Å². The number of carbonyl (C=O) groups excluding carboxylic acids is 1. The number of amides is 2. The number of nitrogens with one attached hydrogen (secondary N) is 1. The van der Waals surface area contributed by atoms with Gasteiger partial charge in [-0.1, -0.05) is 44.2 Å². The highest BCUT2D eigenvalue weighted by atomic mass is 16.4. The Morgan fingerprint density at radius 3 is 2.29 bits per heavy atom. The van der Waals surface area contributed by atoms with Gasteiger partial charge in [-0.2, -0.15) is 0 Å². The van der Waals surface area contributed by atoms with Gasteiger partial charge in [-0.05, 0) is 12.5 Å². The summed E-state index contributed by atoms with van der Waals surface area (Å²) >= 11 is 0. The van der Waals surface area contributed by atoms with E-state index in [2.05, 4.69) is 12.2 Å². The molecule has 0 aliphatic carbocycles. The van der Waals surface area contributed by atoms with Crippen molar-refractivity contribution in [2.45, 2.75) is 32.7 Å². The monoisotopic (exact) mass is 292 g/mol. The van der Waals surface area contributed by atoms with Crippen LogP contribution in [0.2, 0.25) is 0 Å². The zero-order valence-corrected chi connectivity index (χ0v) is 13.0. The summed E-state index contributed by atoms with van der Waals surface area (Å²) in [6.45, 7) is 5.78. The topological polar surface area (TPSA) is 69.6 Å². The first-order valence-corrected chi connectivity index (χ1v) is 7.12. The van der Waals surface area contributed by atoms with Gasteiger partial charge in [0, 0.05) is 25.6 Å². The van der Waals surface area contributed by atoms with Crippen LogP contribution in [0.1, 0.15) is 32.3 Å². The number of carboxylic acid groups (broad SMARTS) is 1. The Morgan fingerprint density at radius 1 is 1.19 bits per heavy atom. The SMILES string of the molecule is CC(CN(C)C(=O)NC(C)C(C)c1ccccc1)C(=O)O. The van der Waals surface area contributed by atoms with E-state index in [1.165, 1.54) is 4.90 Å². The molecule has 3 atom stereocenters. The first-order valence-electron chi connectivity index (χ1n) is 7.12. The van der Waals surface area contributed by atoms with Crippen molar-refractivity contribution >= 4 is 12.0 Å². The highest BCUT2D eigenvalue weighted by Crippen LogP contribution is 2.18. The molecule has 21 heavy (non-hydrogen) atoms. The van der Waals surface area contributed by atoms with Crippen molar-refractivity contribution in [3.05, 3.63) is 35.9 Å². The zero-order chi connectivity index (χ0) is 16.0. The molecule has 2 amide bonds. The summed E-state index contributed by atoms with van der Waals surface area (Å²) in [5, 5.41) is 11.8. The summed E-state index contributed by atoms with van der Waals surface area (Å²) in [4.78, 5) is 24.3. The number of carboxylic acids is 1. The van der Waals surface area contributed by atoms with E-state index < -0.39 is 11.9 Å². The van der Waals surface area contributed by atoms with Crippen LogP contribution in [-0.2, 0) is 4.79 Å². The molecule has 5 nitrogen and oxygen atoms in total. The molecular formula is C16H24N2O3. The molecule has 3 unspecified atom stereocenters. The number of nitrogens with zero attached hydrogens (tertiary/aromatic N) is 1. The van der Waals surface area contributed by atoms with Crippen molar-refractivity contribution in [1.29, 1.82) is 0 Å². The largest absolute Gasteiger partial charge is 0.481 e. The number of carbonyl (C=O) groups is 2. The van der Waals surface area contributed by atoms with Gasteiger partial charge < -0.3 is 15.3 Å². The number of urea groups is 1. The van der Waals surface area contributed by atoms with Crippen molar-refractivity contribution in [3.63, 3.8) is 0 Å². The third kappa shape index (κ3) is 5.10. The van der Waals surface area contributed by atoms with Gasteiger partial charge in [-0.3, -0.25) is 4.79 Å². The fourth-order valence-electron chi connectivity index (χ4n) is 2.05. The molecule has 5 heteroatoms. The molecule has 2 N–H and O–H groups in total. The Morgan fingerprint density at radius 2 is 1.76 bits per heavy atom. The van der Waals surface area contributed by atoms with Crippen LogP contribution in [0.15, 0.2) is 30.3 Å². The van der Waals surface area contributed by atoms with E-state index in [0.29, 0.717) is 0 Å². The van der Waals surface area contributed by atoms with Crippen LogP contribution in [0.25, 0.3) is 0 Å². The van der Waals surface area contributed by atoms with Crippen LogP contribution in [0.5, 0.6) is 0 Å². The van der Waals surface area contributed by atoms with Crippen LogP contribution >= 0.6 is 0 Å².